The van der Waals surface area contributed by atoms with Crippen LogP contribution in [0.2, 0.25) is 0 Å². The van der Waals surface area contributed by atoms with Gasteiger partial charge in [0.1, 0.15) is 12.3 Å². The van der Waals surface area contributed by atoms with Gasteiger partial charge in [-0.3, -0.25) is 4.18 Å². The second-order valence-corrected chi connectivity index (χ2v) is 5.49. The van der Waals surface area contributed by atoms with Crippen molar-refractivity contribution in [2.75, 3.05) is 6.26 Å². The standard InChI is InChI=1S/C12H10N2O4S/c1-19(15,16)17-8-11-6-12(18-14-11)10-4-2-3-9(5-10)7-13/h2-6H,8H2,1H3. The zero-order chi connectivity index (χ0) is 13.9. The van der Waals surface area contributed by atoms with E-state index < -0.39 is 10.1 Å². The van der Waals surface area contributed by atoms with Gasteiger partial charge in [-0.25, -0.2) is 0 Å². The maximum Gasteiger partial charge on any atom is 0.264 e. The van der Waals surface area contributed by atoms with Crippen LogP contribution in [0.4, 0.5) is 0 Å². The number of benzene rings is 1. The maximum atomic E-state index is 10.8. The van der Waals surface area contributed by atoms with Crippen LogP contribution in [0.3, 0.4) is 0 Å². The van der Waals surface area contributed by atoms with Crippen molar-refractivity contribution in [3.05, 3.63) is 41.6 Å². The lowest BCUT2D eigenvalue weighted by atomic mass is 10.1. The van der Waals surface area contributed by atoms with Crippen molar-refractivity contribution in [1.29, 1.82) is 5.26 Å². The van der Waals surface area contributed by atoms with E-state index in [4.69, 9.17) is 9.78 Å². The lowest BCUT2D eigenvalue weighted by molar-refractivity contribution is 0.296. The third-order valence-corrected chi connectivity index (χ3v) is 2.80. The van der Waals surface area contributed by atoms with Crippen LogP contribution in [-0.4, -0.2) is 19.8 Å². The Kier molecular flexibility index (Phi) is 3.64. The second kappa shape index (κ2) is 5.22. The van der Waals surface area contributed by atoms with Gasteiger partial charge in [-0.05, 0) is 12.1 Å². The molecule has 0 unspecified atom stereocenters. The van der Waals surface area contributed by atoms with E-state index in [1.165, 1.54) is 0 Å². The first-order chi connectivity index (χ1) is 8.98. The number of nitriles is 1. The van der Waals surface area contributed by atoms with Crippen molar-refractivity contribution in [2.45, 2.75) is 6.61 Å². The Balaban J connectivity index is 2.19. The number of nitrogens with zero attached hydrogens (tertiary/aromatic N) is 2. The Morgan fingerprint density at radius 1 is 1.42 bits per heavy atom. The Morgan fingerprint density at radius 3 is 2.89 bits per heavy atom. The molecular weight excluding hydrogens is 268 g/mol. The van der Waals surface area contributed by atoms with Crippen LogP contribution in [0.5, 0.6) is 0 Å². The number of hydrogen-bond donors (Lipinski definition) is 0. The van der Waals surface area contributed by atoms with Crippen molar-refractivity contribution < 1.29 is 17.1 Å². The first kappa shape index (κ1) is 13.3. The Labute approximate surface area is 110 Å². The smallest absolute Gasteiger partial charge is 0.264 e. The highest BCUT2D eigenvalue weighted by Gasteiger charge is 2.10. The van der Waals surface area contributed by atoms with E-state index in [1.807, 2.05) is 6.07 Å². The molecule has 1 heterocycles. The fraction of sp³-hybridized carbons (Fsp3) is 0.167. The zero-order valence-electron chi connectivity index (χ0n) is 10.0. The summed E-state index contributed by atoms with van der Waals surface area (Å²) in [5.74, 6) is 0.448. The molecule has 6 nitrogen and oxygen atoms in total. The molecule has 0 aliphatic carbocycles. The summed E-state index contributed by atoms with van der Waals surface area (Å²) < 4.78 is 31.4. The molecule has 2 aromatic rings. The van der Waals surface area contributed by atoms with Crippen molar-refractivity contribution in [2.24, 2.45) is 0 Å². The van der Waals surface area contributed by atoms with E-state index in [9.17, 15) is 8.42 Å². The molecule has 0 saturated carbocycles. The van der Waals surface area contributed by atoms with Crippen molar-refractivity contribution in [3.8, 4) is 17.4 Å². The largest absolute Gasteiger partial charge is 0.356 e. The third kappa shape index (κ3) is 3.64. The van der Waals surface area contributed by atoms with Crippen LogP contribution in [0.1, 0.15) is 11.3 Å². The molecule has 1 aromatic heterocycles. The number of hydrogen-bond acceptors (Lipinski definition) is 6. The van der Waals surface area contributed by atoms with E-state index >= 15 is 0 Å². The number of rotatable bonds is 4. The molecule has 0 aliphatic heterocycles. The average molecular weight is 278 g/mol. The first-order valence-corrected chi connectivity index (χ1v) is 7.10. The molecule has 0 spiro atoms. The summed E-state index contributed by atoms with van der Waals surface area (Å²) in [7, 11) is -3.51. The predicted molar refractivity (Wildman–Crippen MR) is 66.3 cm³/mol. The normalized spacial score (nSPS) is 11.2. The maximum absolute atomic E-state index is 10.8. The molecule has 0 amide bonds. The van der Waals surface area contributed by atoms with Crippen LogP contribution in [0.15, 0.2) is 34.9 Å². The summed E-state index contributed by atoms with van der Waals surface area (Å²) in [6.45, 7) is -0.180. The monoisotopic (exact) mass is 278 g/mol. The van der Waals surface area contributed by atoms with Gasteiger partial charge in [-0.1, -0.05) is 17.3 Å². The molecule has 98 valence electrons. The summed E-state index contributed by atoms with van der Waals surface area (Å²) in [5, 5.41) is 12.5. The second-order valence-electron chi connectivity index (χ2n) is 3.84. The molecule has 19 heavy (non-hydrogen) atoms. The lowest BCUT2D eigenvalue weighted by Gasteiger charge is -1.95. The highest BCUT2D eigenvalue weighted by Crippen LogP contribution is 2.21. The molecule has 0 bridgehead atoms. The minimum atomic E-state index is -3.51. The summed E-state index contributed by atoms with van der Waals surface area (Å²) in [5.41, 5.74) is 1.56. The minimum absolute atomic E-state index is 0.180. The molecule has 1 aromatic carbocycles. The summed E-state index contributed by atoms with van der Waals surface area (Å²) >= 11 is 0. The molecule has 0 N–H and O–H groups in total. The Bertz CT molecular complexity index is 728. The fourth-order valence-corrected chi connectivity index (χ4v) is 1.76. The van der Waals surface area contributed by atoms with Gasteiger partial charge < -0.3 is 4.52 Å². The molecule has 0 saturated heterocycles. The van der Waals surface area contributed by atoms with Crippen LogP contribution in [-0.2, 0) is 20.9 Å². The highest BCUT2D eigenvalue weighted by molar-refractivity contribution is 7.85. The van der Waals surface area contributed by atoms with Crippen LogP contribution >= 0.6 is 0 Å². The van der Waals surface area contributed by atoms with Crippen LogP contribution in [0, 0.1) is 11.3 Å². The SMILES string of the molecule is CS(=O)(=O)OCc1cc(-c2cccc(C#N)c2)on1. The van der Waals surface area contributed by atoms with E-state index in [1.54, 1.807) is 30.3 Å². The van der Waals surface area contributed by atoms with Gasteiger partial charge in [0.2, 0.25) is 0 Å². The van der Waals surface area contributed by atoms with Crippen LogP contribution in [0.25, 0.3) is 11.3 Å². The topological polar surface area (TPSA) is 93.2 Å². The van der Waals surface area contributed by atoms with E-state index in [2.05, 4.69) is 9.34 Å². The molecule has 0 fully saturated rings. The third-order valence-electron chi connectivity index (χ3n) is 2.26. The first-order valence-electron chi connectivity index (χ1n) is 5.28. The molecule has 0 radical (unpaired) electrons. The van der Waals surface area contributed by atoms with Gasteiger partial charge in [-0.15, -0.1) is 0 Å². The molecule has 7 heteroatoms. The van der Waals surface area contributed by atoms with Gasteiger partial charge in [-0.2, -0.15) is 13.7 Å². The summed E-state index contributed by atoms with van der Waals surface area (Å²) in [6.07, 6.45) is 0.963. The van der Waals surface area contributed by atoms with E-state index in [0.717, 1.165) is 6.26 Å². The quantitative estimate of drug-likeness (QED) is 0.790. The fourth-order valence-electron chi connectivity index (χ4n) is 1.43. The van der Waals surface area contributed by atoms with Crippen LogP contribution < -0.4 is 0 Å². The predicted octanol–water partition coefficient (Wildman–Crippen LogP) is 1.69. The zero-order valence-corrected chi connectivity index (χ0v) is 10.8. The highest BCUT2D eigenvalue weighted by atomic mass is 32.2. The number of aromatic nitrogens is 1. The minimum Gasteiger partial charge on any atom is -0.356 e. The summed E-state index contributed by atoms with van der Waals surface area (Å²) in [4.78, 5) is 0. The molecule has 0 aliphatic rings. The van der Waals surface area contributed by atoms with E-state index in [0.29, 0.717) is 22.6 Å². The summed E-state index contributed by atoms with van der Waals surface area (Å²) in [6, 6.07) is 10.4. The van der Waals surface area contributed by atoms with E-state index in [-0.39, 0.29) is 6.61 Å². The van der Waals surface area contributed by atoms with Crippen molar-refractivity contribution in [3.63, 3.8) is 0 Å². The van der Waals surface area contributed by atoms with Crippen molar-refractivity contribution >= 4 is 10.1 Å². The molecular formula is C12H10N2O4S. The van der Waals surface area contributed by atoms with Crippen molar-refractivity contribution in [1.82, 2.24) is 5.16 Å². The average Bonchev–Trinajstić information content (AvgIpc) is 2.84. The van der Waals surface area contributed by atoms with Gasteiger partial charge >= 0.3 is 0 Å². The van der Waals surface area contributed by atoms with Gasteiger partial charge in [0.15, 0.2) is 5.76 Å². The lowest BCUT2D eigenvalue weighted by Crippen LogP contribution is -2.02. The Hall–Kier alpha value is -2.17. The Morgan fingerprint density at radius 2 is 2.21 bits per heavy atom. The molecule has 2 rings (SSSR count). The van der Waals surface area contributed by atoms with Gasteiger partial charge in [0.25, 0.3) is 10.1 Å². The van der Waals surface area contributed by atoms with Gasteiger partial charge in [0, 0.05) is 11.6 Å². The molecule has 0 atom stereocenters. The van der Waals surface area contributed by atoms with Gasteiger partial charge in [0.05, 0.1) is 17.9 Å².